The van der Waals surface area contributed by atoms with E-state index >= 15 is 0 Å². The molecule has 96 valence electrons. The summed E-state index contributed by atoms with van der Waals surface area (Å²) in [6.07, 6.45) is -12.7. The Balaban J connectivity index is 3.24. The summed E-state index contributed by atoms with van der Waals surface area (Å²) in [5.41, 5.74) is -2.12. The molecule has 1 aromatic rings. The topological polar surface area (TPSA) is 20.2 Å². The van der Waals surface area contributed by atoms with E-state index in [9.17, 15) is 26.3 Å². The zero-order chi connectivity index (χ0) is 13.4. The molecule has 0 heterocycles. The molecule has 0 aliphatic rings. The van der Waals surface area contributed by atoms with Crippen LogP contribution in [0, 0.1) is 0 Å². The average molecular weight is 323 g/mol. The molecule has 17 heavy (non-hydrogen) atoms. The highest BCUT2D eigenvalue weighted by Crippen LogP contribution is 2.37. The first-order valence-electron chi connectivity index (χ1n) is 4.14. The number of hydrogen-bond acceptors (Lipinski definition) is 1. The SMILES string of the molecule is OC(c1cc(Br)cc(C(F)(F)F)c1)C(F)(F)F. The maximum atomic E-state index is 12.3. The third kappa shape index (κ3) is 3.60. The second-order valence-electron chi connectivity index (χ2n) is 3.22. The number of halogens is 7. The molecule has 0 spiro atoms. The van der Waals surface area contributed by atoms with Crippen LogP contribution in [0.2, 0.25) is 0 Å². The Kier molecular flexibility index (Phi) is 3.78. The highest BCUT2D eigenvalue weighted by Gasteiger charge is 2.41. The van der Waals surface area contributed by atoms with E-state index in [2.05, 4.69) is 15.9 Å². The molecule has 1 aromatic carbocycles. The number of benzene rings is 1. The van der Waals surface area contributed by atoms with Crippen LogP contribution in [0.4, 0.5) is 26.3 Å². The number of hydrogen-bond donors (Lipinski definition) is 1. The van der Waals surface area contributed by atoms with E-state index in [1.165, 1.54) is 0 Å². The fourth-order valence-corrected chi connectivity index (χ4v) is 1.63. The van der Waals surface area contributed by atoms with E-state index in [4.69, 9.17) is 5.11 Å². The summed E-state index contributed by atoms with van der Waals surface area (Å²) in [5.74, 6) is 0. The lowest BCUT2D eigenvalue weighted by Gasteiger charge is -2.17. The minimum Gasteiger partial charge on any atom is -0.379 e. The third-order valence-electron chi connectivity index (χ3n) is 1.87. The largest absolute Gasteiger partial charge is 0.418 e. The average Bonchev–Trinajstić information content (AvgIpc) is 2.12. The summed E-state index contributed by atoms with van der Waals surface area (Å²) >= 11 is 2.66. The van der Waals surface area contributed by atoms with Gasteiger partial charge in [0.1, 0.15) is 0 Å². The van der Waals surface area contributed by atoms with Gasteiger partial charge in [0.15, 0.2) is 6.10 Å². The summed E-state index contributed by atoms with van der Waals surface area (Å²) in [5, 5.41) is 8.86. The summed E-state index contributed by atoms with van der Waals surface area (Å²) in [6, 6.07) is 1.68. The Morgan fingerprint density at radius 2 is 1.53 bits per heavy atom. The molecule has 0 saturated heterocycles. The van der Waals surface area contributed by atoms with Gasteiger partial charge < -0.3 is 5.11 Å². The minimum absolute atomic E-state index is 0.189. The molecular formula is C9H5BrF6O. The first kappa shape index (κ1) is 14.3. The summed E-state index contributed by atoms with van der Waals surface area (Å²) in [6.45, 7) is 0. The van der Waals surface area contributed by atoms with E-state index in [1.807, 2.05) is 0 Å². The lowest BCUT2D eigenvalue weighted by molar-refractivity contribution is -0.207. The van der Waals surface area contributed by atoms with Crippen LogP contribution < -0.4 is 0 Å². The molecule has 0 aromatic heterocycles. The molecular weight excluding hydrogens is 318 g/mol. The number of alkyl halides is 6. The van der Waals surface area contributed by atoms with Crippen molar-refractivity contribution in [1.82, 2.24) is 0 Å². The van der Waals surface area contributed by atoms with Gasteiger partial charge in [0, 0.05) is 4.47 Å². The standard InChI is InChI=1S/C9H5BrF6O/c10-6-2-4(7(17)9(14,15)16)1-5(3-6)8(11,12)13/h1-3,7,17H. The predicted molar refractivity (Wildman–Crippen MR) is 50.2 cm³/mol. The summed E-state index contributed by atoms with van der Waals surface area (Å²) in [7, 11) is 0. The van der Waals surface area contributed by atoms with E-state index in [0.717, 1.165) is 6.07 Å². The van der Waals surface area contributed by atoms with E-state index in [1.54, 1.807) is 0 Å². The van der Waals surface area contributed by atoms with Crippen LogP contribution in [-0.4, -0.2) is 11.3 Å². The maximum Gasteiger partial charge on any atom is 0.418 e. The minimum atomic E-state index is -5.01. The summed E-state index contributed by atoms with van der Waals surface area (Å²) < 4.78 is 73.2. The first-order valence-corrected chi connectivity index (χ1v) is 4.93. The van der Waals surface area contributed by atoms with Gasteiger partial charge in [0.05, 0.1) is 5.56 Å². The first-order chi connectivity index (χ1) is 7.51. The van der Waals surface area contributed by atoms with Gasteiger partial charge in [-0.25, -0.2) is 0 Å². The predicted octanol–water partition coefficient (Wildman–Crippen LogP) is 4.06. The van der Waals surface area contributed by atoms with Crippen LogP contribution in [-0.2, 0) is 6.18 Å². The molecule has 1 rings (SSSR count). The number of rotatable bonds is 1. The van der Waals surface area contributed by atoms with Crippen molar-refractivity contribution in [3.05, 3.63) is 33.8 Å². The molecule has 1 unspecified atom stereocenters. The van der Waals surface area contributed by atoms with E-state index in [-0.39, 0.29) is 10.5 Å². The lowest BCUT2D eigenvalue weighted by atomic mass is 10.1. The molecule has 0 aliphatic heterocycles. The molecule has 1 N–H and O–H groups in total. The van der Waals surface area contributed by atoms with Crippen LogP contribution >= 0.6 is 15.9 Å². The lowest BCUT2D eigenvalue weighted by Crippen LogP contribution is -2.20. The highest BCUT2D eigenvalue weighted by molar-refractivity contribution is 9.10. The van der Waals surface area contributed by atoms with Crippen LogP contribution in [0.25, 0.3) is 0 Å². The molecule has 1 atom stereocenters. The zero-order valence-corrected chi connectivity index (χ0v) is 9.49. The Bertz CT molecular complexity index is 411. The summed E-state index contributed by atoms with van der Waals surface area (Å²) in [4.78, 5) is 0. The Morgan fingerprint density at radius 1 is 1.00 bits per heavy atom. The maximum absolute atomic E-state index is 12.3. The molecule has 0 bridgehead atoms. The molecule has 0 saturated carbocycles. The molecule has 0 radical (unpaired) electrons. The van der Waals surface area contributed by atoms with Crippen LogP contribution in [0.3, 0.4) is 0 Å². The number of aliphatic hydroxyl groups is 1. The second kappa shape index (κ2) is 4.49. The van der Waals surface area contributed by atoms with Crippen molar-refractivity contribution in [2.45, 2.75) is 18.5 Å². The quantitative estimate of drug-likeness (QED) is 0.773. The molecule has 0 fully saturated rings. The highest BCUT2D eigenvalue weighted by atomic mass is 79.9. The van der Waals surface area contributed by atoms with Crippen molar-refractivity contribution in [1.29, 1.82) is 0 Å². The van der Waals surface area contributed by atoms with Gasteiger partial charge in [-0.15, -0.1) is 0 Å². The molecule has 1 nitrogen and oxygen atoms in total. The van der Waals surface area contributed by atoms with E-state index in [0.29, 0.717) is 6.07 Å². The van der Waals surface area contributed by atoms with Crippen LogP contribution in [0.1, 0.15) is 17.2 Å². The van der Waals surface area contributed by atoms with Crippen molar-refractivity contribution < 1.29 is 31.4 Å². The second-order valence-corrected chi connectivity index (χ2v) is 4.13. The van der Waals surface area contributed by atoms with Crippen LogP contribution in [0.15, 0.2) is 22.7 Å². The van der Waals surface area contributed by atoms with Gasteiger partial charge in [0.25, 0.3) is 0 Å². The van der Waals surface area contributed by atoms with Gasteiger partial charge in [-0.1, -0.05) is 15.9 Å². The van der Waals surface area contributed by atoms with Gasteiger partial charge in [-0.2, -0.15) is 26.3 Å². The smallest absolute Gasteiger partial charge is 0.379 e. The van der Waals surface area contributed by atoms with Crippen molar-refractivity contribution in [2.75, 3.05) is 0 Å². The number of aliphatic hydroxyl groups excluding tert-OH is 1. The van der Waals surface area contributed by atoms with Gasteiger partial charge in [-0.05, 0) is 23.8 Å². The van der Waals surface area contributed by atoms with Crippen LogP contribution in [0.5, 0.6) is 0 Å². The fraction of sp³-hybridized carbons (Fsp3) is 0.333. The van der Waals surface area contributed by atoms with Crippen molar-refractivity contribution in [2.24, 2.45) is 0 Å². The Hall–Kier alpha value is -0.760. The molecule has 0 aliphatic carbocycles. The molecule has 8 heteroatoms. The van der Waals surface area contributed by atoms with E-state index < -0.39 is 29.6 Å². The van der Waals surface area contributed by atoms with Gasteiger partial charge in [-0.3, -0.25) is 0 Å². The third-order valence-corrected chi connectivity index (χ3v) is 2.33. The van der Waals surface area contributed by atoms with Gasteiger partial charge in [0.2, 0.25) is 0 Å². The fourth-order valence-electron chi connectivity index (χ4n) is 1.12. The monoisotopic (exact) mass is 322 g/mol. The molecule has 0 amide bonds. The van der Waals surface area contributed by atoms with Gasteiger partial charge >= 0.3 is 12.4 Å². The normalized spacial score (nSPS) is 14.8. The van der Waals surface area contributed by atoms with Crippen molar-refractivity contribution in [3.63, 3.8) is 0 Å². The zero-order valence-electron chi connectivity index (χ0n) is 7.90. The van der Waals surface area contributed by atoms with Crippen molar-refractivity contribution >= 4 is 15.9 Å². The Morgan fingerprint density at radius 3 is 1.94 bits per heavy atom. The Labute approximate surface area is 100 Å². The van der Waals surface area contributed by atoms with Crippen molar-refractivity contribution in [3.8, 4) is 0 Å².